The summed E-state index contributed by atoms with van der Waals surface area (Å²) in [6.07, 6.45) is 3.35. The van der Waals surface area contributed by atoms with Crippen LogP contribution in [0.25, 0.3) is 0 Å². The molecule has 1 aliphatic rings. The minimum Gasteiger partial charge on any atom is -0.493 e. The van der Waals surface area contributed by atoms with Crippen LogP contribution in [0.2, 0.25) is 0 Å². The molecule has 0 bridgehead atoms. The molecule has 21 heavy (non-hydrogen) atoms. The maximum absolute atomic E-state index is 5.84. The van der Waals surface area contributed by atoms with E-state index in [-0.39, 0.29) is 0 Å². The van der Waals surface area contributed by atoms with Gasteiger partial charge in [-0.15, -0.1) is 0 Å². The Labute approximate surface area is 136 Å². The average molecular weight is 356 g/mol. The zero-order chi connectivity index (χ0) is 15.1. The smallest absolute Gasteiger partial charge is 0.123 e. The largest absolute Gasteiger partial charge is 0.493 e. The number of nitrogens with one attached hydrogen (secondary N) is 1. The first-order valence-electron chi connectivity index (χ1n) is 7.93. The van der Waals surface area contributed by atoms with Gasteiger partial charge in [-0.1, -0.05) is 22.9 Å². The molecule has 0 saturated carbocycles. The van der Waals surface area contributed by atoms with E-state index in [1.807, 2.05) is 6.07 Å². The van der Waals surface area contributed by atoms with Crippen molar-refractivity contribution in [3.05, 3.63) is 28.2 Å². The van der Waals surface area contributed by atoms with E-state index in [2.05, 4.69) is 47.2 Å². The van der Waals surface area contributed by atoms with Gasteiger partial charge >= 0.3 is 0 Å². The minimum atomic E-state index is 0.506. The Kier molecular flexibility index (Phi) is 7.00. The Balaban J connectivity index is 1.92. The highest BCUT2D eigenvalue weighted by Gasteiger charge is 2.20. The number of benzene rings is 1. The SMILES string of the molecule is CCCOc1ccc(Br)cc1CNC(C)C1CCOCC1. The van der Waals surface area contributed by atoms with Crippen molar-refractivity contribution in [2.45, 2.75) is 45.7 Å². The summed E-state index contributed by atoms with van der Waals surface area (Å²) in [6.45, 7) is 7.82. The number of halogens is 1. The van der Waals surface area contributed by atoms with Crippen molar-refractivity contribution in [3.8, 4) is 5.75 Å². The van der Waals surface area contributed by atoms with E-state index >= 15 is 0 Å². The molecule has 1 saturated heterocycles. The van der Waals surface area contributed by atoms with Crippen LogP contribution in [0.4, 0.5) is 0 Å². The van der Waals surface area contributed by atoms with Gasteiger partial charge in [0.1, 0.15) is 5.75 Å². The second-order valence-corrected chi connectivity index (χ2v) is 6.64. The summed E-state index contributed by atoms with van der Waals surface area (Å²) in [7, 11) is 0. The summed E-state index contributed by atoms with van der Waals surface area (Å²) in [5.41, 5.74) is 1.22. The number of ether oxygens (including phenoxy) is 2. The molecule has 1 fully saturated rings. The summed E-state index contributed by atoms with van der Waals surface area (Å²) in [5, 5.41) is 3.66. The van der Waals surface area contributed by atoms with Crippen molar-refractivity contribution in [2.24, 2.45) is 5.92 Å². The van der Waals surface area contributed by atoms with Gasteiger partial charge in [-0.2, -0.15) is 0 Å². The van der Waals surface area contributed by atoms with Crippen molar-refractivity contribution in [2.75, 3.05) is 19.8 Å². The molecule has 1 heterocycles. The van der Waals surface area contributed by atoms with Crippen LogP contribution in [0, 0.1) is 5.92 Å². The zero-order valence-electron chi connectivity index (χ0n) is 13.0. The molecule has 0 spiro atoms. The molecule has 0 aliphatic carbocycles. The predicted octanol–water partition coefficient (Wildman–Crippen LogP) is 4.14. The average Bonchev–Trinajstić information content (AvgIpc) is 2.52. The summed E-state index contributed by atoms with van der Waals surface area (Å²) >= 11 is 3.55. The summed E-state index contributed by atoms with van der Waals surface area (Å²) in [4.78, 5) is 0. The topological polar surface area (TPSA) is 30.5 Å². The molecule has 118 valence electrons. The van der Waals surface area contributed by atoms with Crippen LogP contribution in [0.1, 0.15) is 38.7 Å². The van der Waals surface area contributed by atoms with Gasteiger partial charge in [-0.25, -0.2) is 0 Å². The Hall–Kier alpha value is -0.580. The van der Waals surface area contributed by atoms with Crippen LogP contribution in [0.3, 0.4) is 0 Å². The van der Waals surface area contributed by atoms with E-state index in [1.54, 1.807) is 0 Å². The highest BCUT2D eigenvalue weighted by Crippen LogP contribution is 2.24. The molecule has 2 rings (SSSR count). The van der Waals surface area contributed by atoms with Crippen LogP contribution < -0.4 is 10.1 Å². The van der Waals surface area contributed by atoms with E-state index in [0.717, 1.165) is 55.9 Å². The number of hydrogen-bond acceptors (Lipinski definition) is 3. The Morgan fingerprint density at radius 3 is 2.86 bits per heavy atom. The maximum atomic E-state index is 5.84. The van der Waals surface area contributed by atoms with Crippen molar-refractivity contribution >= 4 is 15.9 Å². The van der Waals surface area contributed by atoms with E-state index < -0.39 is 0 Å². The lowest BCUT2D eigenvalue weighted by Gasteiger charge is -2.28. The van der Waals surface area contributed by atoms with Crippen LogP contribution in [-0.4, -0.2) is 25.9 Å². The van der Waals surface area contributed by atoms with Crippen LogP contribution in [0.15, 0.2) is 22.7 Å². The van der Waals surface area contributed by atoms with Crippen molar-refractivity contribution < 1.29 is 9.47 Å². The fraction of sp³-hybridized carbons (Fsp3) is 0.647. The highest BCUT2D eigenvalue weighted by molar-refractivity contribution is 9.10. The molecule has 1 aromatic carbocycles. The normalized spacial score (nSPS) is 17.7. The van der Waals surface area contributed by atoms with Gasteiger partial charge in [0.25, 0.3) is 0 Å². The van der Waals surface area contributed by atoms with E-state index in [4.69, 9.17) is 9.47 Å². The fourth-order valence-electron chi connectivity index (χ4n) is 2.69. The lowest BCUT2D eigenvalue weighted by Crippen LogP contribution is -2.36. The Bertz CT molecular complexity index is 433. The third kappa shape index (κ3) is 5.28. The van der Waals surface area contributed by atoms with Gasteiger partial charge in [0.15, 0.2) is 0 Å². The lowest BCUT2D eigenvalue weighted by atomic mass is 9.93. The molecule has 1 unspecified atom stereocenters. The monoisotopic (exact) mass is 355 g/mol. The summed E-state index contributed by atoms with van der Waals surface area (Å²) in [6, 6.07) is 6.74. The number of rotatable bonds is 7. The molecular formula is C17H26BrNO2. The van der Waals surface area contributed by atoms with E-state index in [9.17, 15) is 0 Å². The van der Waals surface area contributed by atoms with Gasteiger partial charge in [-0.05, 0) is 50.3 Å². The van der Waals surface area contributed by atoms with Gasteiger partial charge in [0.2, 0.25) is 0 Å². The Morgan fingerprint density at radius 1 is 1.38 bits per heavy atom. The number of hydrogen-bond donors (Lipinski definition) is 1. The lowest BCUT2D eigenvalue weighted by molar-refractivity contribution is 0.0557. The molecule has 0 amide bonds. The third-order valence-electron chi connectivity index (χ3n) is 4.07. The van der Waals surface area contributed by atoms with Crippen molar-refractivity contribution in [1.29, 1.82) is 0 Å². The van der Waals surface area contributed by atoms with Gasteiger partial charge in [0, 0.05) is 35.8 Å². The maximum Gasteiger partial charge on any atom is 0.123 e. The van der Waals surface area contributed by atoms with Crippen LogP contribution in [-0.2, 0) is 11.3 Å². The second kappa shape index (κ2) is 8.76. The van der Waals surface area contributed by atoms with Crippen molar-refractivity contribution in [1.82, 2.24) is 5.32 Å². The summed E-state index contributed by atoms with van der Waals surface area (Å²) < 4.78 is 12.4. The van der Waals surface area contributed by atoms with Crippen molar-refractivity contribution in [3.63, 3.8) is 0 Å². The fourth-order valence-corrected chi connectivity index (χ4v) is 3.10. The Morgan fingerprint density at radius 2 is 2.14 bits per heavy atom. The quantitative estimate of drug-likeness (QED) is 0.796. The molecule has 1 N–H and O–H groups in total. The van der Waals surface area contributed by atoms with Gasteiger partial charge < -0.3 is 14.8 Å². The zero-order valence-corrected chi connectivity index (χ0v) is 14.6. The first kappa shape index (κ1) is 16.8. The van der Waals surface area contributed by atoms with Gasteiger partial charge in [0.05, 0.1) is 6.61 Å². The minimum absolute atomic E-state index is 0.506. The molecule has 3 nitrogen and oxygen atoms in total. The summed E-state index contributed by atoms with van der Waals surface area (Å²) in [5.74, 6) is 1.71. The second-order valence-electron chi connectivity index (χ2n) is 5.72. The molecular weight excluding hydrogens is 330 g/mol. The molecule has 1 aliphatic heterocycles. The van der Waals surface area contributed by atoms with E-state index in [1.165, 1.54) is 5.56 Å². The molecule has 4 heteroatoms. The third-order valence-corrected chi connectivity index (χ3v) is 4.57. The molecule has 0 aromatic heterocycles. The van der Waals surface area contributed by atoms with E-state index in [0.29, 0.717) is 12.0 Å². The first-order chi connectivity index (χ1) is 10.2. The standard InChI is InChI=1S/C17H26BrNO2/c1-3-8-21-17-5-4-16(18)11-15(17)12-19-13(2)14-6-9-20-10-7-14/h4-5,11,13-14,19H,3,6-10,12H2,1-2H3. The molecule has 0 radical (unpaired) electrons. The predicted molar refractivity (Wildman–Crippen MR) is 89.8 cm³/mol. The molecule has 1 atom stereocenters. The van der Waals surface area contributed by atoms with Gasteiger partial charge in [-0.3, -0.25) is 0 Å². The van der Waals surface area contributed by atoms with Crippen LogP contribution in [0.5, 0.6) is 5.75 Å². The highest BCUT2D eigenvalue weighted by atomic mass is 79.9. The van der Waals surface area contributed by atoms with Crippen LogP contribution >= 0.6 is 15.9 Å². The molecule has 1 aromatic rings. The first-order valence-corrected chi connectivity index (χ1v) is 8.72.